The number of thiophene rings is 1. The number of rotatable bonds is 6. The highest BCUT2D eigenvalue weighted by molar-refractivity contribution is 7.10. The highest BCUT2D eigenvalue weighted by Gasteiger charge is 2.52. The topological polar surface area (TPSA) is 52.7 Å². The van der Waals surface area contributed by atoms with Crippen LogP contribution in [-0.4, -0.2) is 46.9 Å². The minimum atomic E-state index is -0.165. The number of carbonyl (C=O) groups is 2. The van der Waals surface area contributed by atoms with Crippen LogP contribution < -0.4 is 5.32 Å². The van der Waals surface area contributed by atoms with E-state index in [0.29, 0.717) is 18.1 Å². The van der Waals surface area contributed by atoms with Crippen LogP contribution in [-0.2, 0) is 11.2 Å². The van der Waals surface area contributed by atoms with Gasteiger partial charge in [-0.25, -0.2) is 4.79 Å². The Labute approximate surface area is 222 Å². The van der Waals surface area contributed by atoms with Crippen molar-refractivity contribution in [3.8, 4) is 0 Å². The van der Waals surface area contributed by atoms with E-state index in [9.17, 15) is 9.59 Å². The normalized spacial score (nSPS) is 30.1. The third-order valence-corrected chi connectivity index (χ3v) is 10.1. The van der Waals surface area contributed by atoms with E-state index in [4.69, 9.17) is 11.6 Å². The van der Waals surface area contributed by atoms with Crippen LogP contribution in [0.4, 0.5) is 4.79 Å². The van der Waals surface area contributed by atoms with Crippen molar-refractivity contribution < 1.29 is 9.59 Å². The van der Waals surface area contributed by atoms with Crippen LogP contribution in [0.15, 0.2) is 48.4 Å². The number of urea groups is 1. The molecule has 1 aliphatic heterocycles. The van der Waals surface area contributed by atoms with Gasteiger partial charge in [0.2, 0.25) is 5.91 Å². The molecule has 4 saturated carbocycles. The van der Waals surface area contributed by atoms with Crippen molar-refractivity contribution in [2.24, 2.45) is 17.8 Å². The maximum atomic E-state index is 13.8. The summed E-state index contributed by atoms with van der Waals surface area (Å²) in [6.45, 7) is 4.91. The first-order valence-corrected chi connectivity index (χ1v) is 14.5. The SMILES string of the molecule is C=CCN(CC(=O)N1CCc2sccc2C1c1ccc(Cl)cc1)C(=O)NC12CC3CC(CC(C3)C1)C2. The van der Waals surface area contributed by atoms with Crippen molar-refractivity contribution in [2.75, 3.05) is 19.6 Å². The number of amides is 3. The predicted molar refractivity (Wildman–Crippen MR) is 144 cm³/mol. The van der Waals surface area contributed by atoms with Crippen LogP contribution in [0.3, 0.4) is 0 Å². The van der Waals surface area contributed by atoms with Crippen LogP contribution in [0, 0.1) is 17.8 Å². The van der Waals surface area contributed by atoms with Gasteiger partial charge >= 0.3 is 6.03 Å². The number of carbonyl (C=O) groups excluding carboxylic acids is 2. The first-order chi connectivity index (χ1) is 17.4. The molecule has 5 nitrogen and oxygen atoms in total. The lowest BCUT2D eigenvalue weighted by Crippen LogP contribution is -2.62. The molecule has 190 valence electrons. The lowest BCUT2D eigenvalue weighted by atomic mass is 9.53. The fraction of sp³-hybridized carbons (Fsp3) is 0.517. The number of nitrogens with one attached hydrogen (secondary N) is 1. The molecule has 1 unspecified atom stereocenters. The van der Waals surface area contributed by atoms with Gasteiger partial charge in [0, 0.05) is 28.5 Å². The monoisotopic (exact) mass is 523 g/mol. The fourth-order valence-electron chi connectivity index (χ4n) is 7.79. The molecule has 2 aromatic rings. The van der Waals surface area contributed by atoms with Gasteiger partial charge in [0.15, 0.2) is 0 Å². The number of halogens is 1. The molecular weight excluding hydrogens is 490 g/mol. The third kappa shape index (κ3) is 4.47. The molecule has 1 aromatic heterocycles. The zero-order valence-corrected chi connectivity index (χ0v) is 22.2. The van der Waals surface area contributed by atoms with Crippen LogP contribution >= 0.6 is 22.9 Å². The van der Waals surface area contributed by atoms with Crippen LogP contribution in [0.2, 0.25) is 5.02 Å². The highest BCUT2D eigenvalue weighted by atomic mass is 35.5. The van der Waals surface area contributed by atoms with Crippen molar-refractivity contribution in [1.82, 2.24) is 15.1 Å². The summed E-state index contributed by atoms with van der Waals surface area (Å²) in [5.41, 5.74) is 2.13. The van der Waals surface area contributed by atoms with Gasteiger partial charge in [0.25, 0.3) is 0 Å². The lowest BCUT2D eigenvalue weighted by molar-refractivity contribution is -0.133. The number of hydrogen-bond donors (Lipinski definition) is 1. The van der Waals surface area contributed by atoms with E-state index in [0.717, 1.165) is 49.0 Å². The van der Waals surface area contributed by atoms with Crippen molar-refractivity contribution in [2.45, 2.75) is 56.5 Å². The van der Waals surface area contributed by atoms with Gasteiger partial charge in [-0.05, 0) is 97.4 Å². The second kappa shape index (κ2) is 9.53. The molecule has 2 heterocycles. The molecule has 4 bridgehead atoms. The van der Waals surface area contributed by atoms with Gasteiger partial charge in [0.05, 0.1) is 6.04 Å². The molecule has 4 fully saturated rings. The van der Waals surface area contributed by atoms with Gasteiger partial charge in [0.1, 0.15) is 6.54 Å². The smallest absolute Gasteiger partial charge is 0.318 e. The van der Waals surface area contributed by atoms with E-state index < -0.39 is 0 Å². The summed E-state index contributed by atoms with van der Waals surface area (Å²) in [6, 6.07) is 9.59. The van der Waals surface area contributed by atoms with Gasteiger partial charge in [-0.3, -0.25) is 4.79 Å². The van der Waals surface area contributed by atoms with Gasteiger partial charge in [-0.2, -0.15) is 0 Å². The highest BCUT2D eigenvalue weighted by Crippen LogP contribution is 2.55. The fourth-order valence-corrected chi connectivity index (χ4v) is 8.82. The van der Waals surface area contributed by atoms with Crippen LogP contribution in [0.1, 0.15) is 60.6 Å². The van der Waals surface area contributed by atoms with Crippen LogP contribution in [0.5, 0.6) is 0 Å². The number of nitrogens with zero attached hydrogens (tertiary/aromatic N) is 2. The number of fused-ring (bicyclic) bond motifs is 1. The van der Waals surface area contributed by atoms with Crippen molar-refractivity contribution in [1.29, 1.82) is 0 Å². The van der Waals surface area contributed by atoms with E-state index in [-0.39, 0.29) is 30.1 Å². The predicted octanol–water partition coefficient (Wildman–Crippen LogP) is 6.04. The summed E-state index contributed by atoms with van der Waals surface area (Å²) in [6.07, 6.45) is 9.81. The molecule has 1 atom stereocenters. The summed E-state index contributed by atoms with van der Waals surface area (Å²) < 4.78 is 0. The second-order valence-electron chi connectivity index (χ2n) is 11.4. The standard InChI is InChI=1S/C29H34ClN3O2S/c1-2-9-32(28(35)31-29-15-19-12-20(16-29)14-21(13-19)17-29)18-26(34)33-10-7-25-24(8-11-36-25)27(33)22-3-5-23(30)6-4-22/h2-6,8,11,19-21,27H,1,7,9-10,12-18H2,(H,31,35). The molecule has 5 aliphatic rings. The summed E-state index contributed by atoms with van der Waals surface area (Å²) in [5, 5.41) is 6.21. The quantitative estimate of drug-likeness (QED) is 0.469. The van der Waals surface area contributed by atoms with Crippen molar-refractivity contribution >= 4 is 34.9 Å². The van der Waals surface area contributed by atoms with Gasteiger partial charge in [-0.15, -0.1) is 17.9 Å². The molecule has 7 heteroatoms. The Bertz CT molecular complexity index is 1120. The molecular formula is C29H34ClN3O2S. The maximum absolute atomic E-state index is 13.8. The summed E-state index contributed by atoms with van der Waals surface area (Å²) in [7, 11) is 0. The van der Waals surface area contributed by atoms with Gasteiger partial charge in [-0.1, -0.05) is 29.8 Å². The first kappa shape index (κ1) is 24.1. The van der Waals surface area contributed by atoms with Crippen LogP contribution in [0.25, 0.3) is 0 Å². The minimum Gasteiger partial charge on any atom is -0.333 e. The van der Waals surface area contributed by atoms with E-state index in [2.05, 4.69) is 23.3 Å². The first-order valence-electron chi connectivity index (χ1n) is 13.2. The average molecular weight is 524 g/mol. The largest absolute Gasteiger partial charge is 0.333 e. The number of benzene rings is 1. The Kier molecular flexibility index (Phi) is 6.37. The second-order valence-corrected chi connectivity index (χ2v) is 12.8. The Balaban J connectivity index is 1.20. The zero-order chi connectivity index (χ0) is 24.9. The van der Waals surface area contributed by atoms with Crippen molar-refractivity contribution in [3.63, 3.8) is 0 Å². The maximum Gasteiger partial charge on any atom is 0.318 e. The molecule has 0 saturated heterocycles. The molecule has 0 radical (unpaired) electrons. The lowest BCUT2D eigenvalue weighted by Gasteiger charge is -2.57. The van der Waals surface area contributed by atoms with E-state index >= 15 is 0 Å². The van der Waals surface area contributed by atoms with Crippen molar-refractivity contribution in [3.05, 3.63) is 69.4 Å². The molecule has 36 heavy (non-hydrogen) atoms. The van der Waals surface area contributed by atoms with E-state index in [1.807, 2.05) is 29.2 Å². The minimum absolute atomic E-state index is 0.0330. The summed E-state index contributed by atoms with van der Waals surface area (Å²) in [4.78, 5) is 32.3. The average Bonchev–Trinajstić information content (AvgIpc) is 3.31. The summed E-state index contributed by atoms with van der Waals surface area (Å²) in [5.74, 6) is 2.22. The van der Waals surface area contributed by atoms with E-state index in [1.165, 1.54) is 29.7 Å². The molecule has 3 amide bonds. The van der Waals surface area contributed by atoms with E-state index in [1.54, 1.807) is 22.3 Å². The number of hydrogen-bond acceptors (Lipinski definition) is 3. The molecule has 4 aliphatic carbocycles. The Morgan fingerprint density at radius 2 is 1.78 bits per heavy atom. The third-order valence-electron chi connectivity index (χ3n) is 8.85. The molecule has 1 N–H and O–H groups in total. The Morgan fingerprint density at radius 3 is 2.42 bits per heavy atom. The molecule has 0 spiro atoms. The van der Waals surface area contributed by atoms with Gasteiger partial charge < -0.3 is 15.1 Å². The molecule has 1 aromatic carbocycles. The Morgan fingerprint density at radius 1 is 1.11 bits per heavy atom. The molecule has 7 rings (SSSR count). The summed E-state index contributed by atoms with van der Waals surface area (Å²) >= 11 is 7.90. The zero-order valence-electron chi connectivity index (χ0n) is 20.6. The Hall–Kier alpha value is -2.31.